The third kappa shape index (κ3) is 1.79. The second-order valence-electron chi connectivity index (χ2n) is 3.04. The Hall–Kier alpha value is -2.18. The Labute approximate surface area is 92.5 Å². The second-order valence-corrected chi connectivity index (χ2v) is 3.04. The standard InChI is InChI=1S/C9H12N6O/c1-6-11-4-5-15(6)8-12-7(10-2)13-9(14-8)16-3/h4-5H,1-3H3,(H,10,12,13,14). The highest BCUT2D eigenvalue weighted by Gasteiger charge is 2.08. The Bertz CT molecular complexity index is 472. The van der Waals surface area contributed by atoms with Gasteiger partial charge >= 0.3 is 6.01 Å². The summed E-state index contributed by atoms with van der Waals surface area (Å²) >= 11 is 0. The van der Waals surface area contributed by atoms with Crippen LogP contribution >= 0.6 is 0 Å². The molecule has 0 aliphatic carbocycles. The van der Waals surface area contributed by atoms with Crippen LogP contribution in [0.4, 0.5) is 5.95 Å². The minimum absolute atomic E-state index is 0.266. The summed E-state index contributed by atoms with van der Waals surface area (Å²) in [6.07, 6.45) is 3.47. The molecule has 0 amide bonds. The number of hydrogen-bond acceptors (Lipinski definition) is 6. The van der Waals surface area contributed by atoms with Crippen molar-refractivity contribution in [1.29, 1.82) is 0 Å². The molecular formula is C9H12N6O. The average molecular weight is 220 g/mol. The largest absolute Gasteiger partial charge is 0.467 e. The summed E-state index contributed by atoms with van der Waals surface area (Å²) in [7, 11) is 3.25. The Morgan fingerprint density at radius 1 is 1.31 bits per heavy atom. The van der Waals surface area contributed by atoms with Gasteiger partial charge in [-0.1, -0.05) is 0 Å². The number of nitrogens with zero attached hydrogens (tertiary/aromatic N) is 5. The Balaban J connectivity index is 2.52. The molecule has 0 aliphatic heterocycles. The van der Waals surface area contributed by atoms with Crippen molar-refractivity contribution >= 4 is 5.95 Å². The lowest BCUT2D eigenvalue weighted by Gasteiger charge is -2.06. The highest BCUT2D eigenvalue weighted by molar-refractivity contribution is 5.30. The number of ether oxygens (including phenoxy) is 1. The number of anilines is 1. The Morgan fingerprint density at radius 3 is 2.69 bits per heavy atom. The molecule has 2 rings (SSSR count). The van der Waals surface area contributed by atoms with Crippen LogP contribution in [0.2, 0.25) is 0 Å². The molecule has 0 aromatic carbocycles. The van der Waals surface area contributed by atoms with Gasteiger partial charge in [-0.3, -0.25) is 4.57 Å². The zero-order chi connectivity index (χ0) is 11.5. The third-order valence-electron chi connectivity index (χ3n) is 2.05. The van der Waals surface area contributed by atoms with Crippen LogP contribution in [0.1, 0.15) is 5.82 Å². The van der Waals surface area contributed by atoms with Crippen LogP contribution in [-0.2, 0) is 0 Å². The number of imidazole rings is 1. The van der Waals surface area contributed by atoms with Gasteiger partial charge in [-0.05, 0) is 6.92 Å². The number of rotatable bonds is 3. The SMILES string of the molecule is CNc1nc(OC)nc(-n2ccnc2C)n1. The number of methoxy groups -OCH3 is 1. The zero-order valence-corrected chi connectivity index (χ0v) is 9.30. The van der Waals surface area contributed by atoms with Gasteiger partial charge in [0.2, 0.25) is 11.9 Å². The highest BCUT2D eigenvalue weighted by Crippen LogP contribution is 2.11. The first-order valence-electron chi connectivity index (χ1n) is 4.72. The number of nitrogens with one attached hydrogen (secondary N) is 1. The van der Waals surface area contributed by atoms with E-state index in [2.05, 4.69) is 25.3 Å². The lowest BCUT2D eigenvalue weighted by Crippen LogP contribution is -2.08. The zero-order valence-electron chi connectivity index (χ0n) is 9.30. The van der Waals surface area contributed by atoms with Crippen LogP contribution in [0.5, 0.6) is 6.01 Å². The van der Waals surface area contributed by atoms with Crippen molar-refractivity contribution in [1.82, 2.24) is 24.5 Å². The van der Waals surface area contributed by atoms with E-state index >= 15 is 0 Å². The first kappa shape index (κ1) is 10.3. The average Bonchev–Trinajstić information content (AvgIpc) is 2.74. The van der Waals surface area contributed by atoms with Gasteiger partial charge in [0.05, 0.1) is 7.11 Å². The first-order valence-corrected chi connectivity index (χ1v) is 4.72. The molecule has 0 atom stereocenters. The van der Waals surface area contributed by atoms with Gasteiger partial charge < -0.3 is 10.1 Å². The fraction of sp³-hybridized carbons (Fsp3) is 0.333. The van der Waals surface area contributed by atoms with Crippen molar-refractivity contribution in [3.8, 4) is 12.0 Å². The van der Waals surface area contributed by atoms with E-state index in [1.807, 2.05) is 6.92 Å². The van der Waals surface area contributed by atoms with E-state index in [1.165, 1.54) is 7.11 Å². The van der Waals surface area contributed by atoms with Gasteiger partial charge in [-0.25, -0.2) is 4.98 Å². The molecule has 0 saturated heterocycles. The maximum absolute atomic E-state index is 5.00. The lowest BCUT2D eigenvalue weighted by molar-refractivity contribution is 0.378. The fourth-order valence-electron chi connectivity index (χ4n) is 1.25. The molecule has 0 aliphatic rings. The predicted octanol–water partition coefficient (Wildman–Crippen LogP) is 0.416. The number of aromatic nitrogens is 5. The Kier molecular flexibility index (Phi) is 2.67. The van der Waals surface area contributed by atoms with Crippen molar-refractivity contribution in [3.05, 3.63) is 18.2 Å². The second kappa shape index (κ2) is 4.13. The molecule has 7 heteroatoms. The van der Waals surface area contributed by atoms with E-state index in [0.717, 1.165) is 5.82 Å². The summed E-state index contributed by atoms with van der Waals surface area (Å²) < 4.78 is 6.75. The molecule has 0 unspecified atom stereocenters. The predicted molar refractivity (Wildman–Crippen MR) is 57.8 cm³/mol. The fourth-order valence-corrected chi connectivity index (χ4v) is 1.25. The van der Waals surface area contributed by atoms with Crippen LogP contribution in [0, 0.1) is 6.92 Å². The monoisotopic (exact) mass is 220 g/mol. The van der Waals surface area contributed by atoms with Crippen LogP contribution in [-0.4, -0.2) is 38.7 Å². The van der Waals surface area contributed by atoms with Gasteiger partial charge in [-0.15, -0.1) is 0 Å². The van der Waals surface area contributed by atoms with Crippen LogP contribution in [0.25, 0.3) is 5.95 Å². The van der Waals surface area contributed by atoms with Crippen molar-refractivity contribution in [2.24, 2.45) is 0 Å². The molecule has 2 aromatic rings. The van der Waals surface area contributed by atoms with Gasteiger partial charge in [0.1, 0.15) is 5.82 Å². The molecule has 16 heavy (non-hydrogen) atoms. The normalized spacial score (nSPS) is 10.2. The van der Waals surface area contributed by atoms with E-state index < -0.39 is 0 Å². The van der Waals surface area contributed by atoms with E-state index in [0.29, 0.717) is 11.9 Å². The maximum atomic E-state index is 5.00. The molecule has 7 nitrogen and oxygen atoms in total. The third-order valence-corrected chi connectivity index (χ3v) is 2.05. The quantitative estimate of drug-likeness (QED) is 0.807. The number of aryl methyl sites for hydroxylation is 1. The van der Waals surface area contributed by atoms with Crippen LogP contribution in [0.3, 0.4) is 0 Å². The molecule has 0 fully saturated rings. The van der Waals surface area contributed by atoms with Crippen molar-refractivity contribution < 1.29 is 4.74 Å². The molecule has 0 radical (unpaired) electrons. The summed E-state index contributed by atoms with van der Waals surface area (Å²) in [5.74, 6) is 1.73. The van der Waals surface area contributed by atoms with E-state index in [-0.39, 0.29) is 6.01 Å². The van der Waals surface area contributed by atoms with Crippen LogP contribution < -0.4 is 10.1 Å². The highest BCUT2D eigenvalue weighted by atomic mass is 16.5. The van der Waals surface area contributed by atoms with Crippen molar-refractivity contribution in [2.75, 3.05) is 19.5 Å². The van der Waals surface area contributed by atoms with Gasteiger partial charge in [0, 0.05) is 19.4 Å². The maximum Gasteiger partial charge on any atom is 0.322 e. The molecular weight excluding hydrogens is 208 g/mol. The summed E-state index contributed by atoms with van der Waals surface area (Å²) in [4.78, 5) is 16.5. The molecule has 2 heterocycles. The topological polar surface area (TPSA) is 77.8 Å². The molecule has 0 bridgehead atoms. The molecule has 1 N–H and O–H groups in total. The number of hydrogen-bond donors (Lipinski definition) is 1. The molecule has 2 aromatic heterocycles. The summed E-state index contributed by atoms with van der Waals surface area (Å²) in [6, 6.07) is 0.266. The van der Waals surface area contributed by atoms with E-state index in [4.69, 9.17) is 4.74 Å². The Morgan fingerprint density at radius 2 is 2.12 bits per heavy atom. The molecule has 0 spiro atoms. The summed E-state index contributed by atoms with van der Waals surface area (Å²) in [5, 5.41) is 2.85. The summed E-state index contributed by atoms with van der Waals surface area (Å²) in [6.45, 7) is 1.87. The minimum atomic E-state index is 0.266. The van der Waals surface area contributed by atoms with Gasteiger partial charge in [0.25, 0.3) is 0 Å². The van der Waals surface area contributed by atoms with Gasteiger partial charge in [-0.2, -0.15) is 15.0 Å². The lowest BCUT2D eigenvalue weighted by atomic mass is 10.7. The van der Waals surface area contributed by atoms with Gasteiger partial charge in [0.15, 0.2) is 0 Å². The molecule has 0 saturated carbocycles. The minimum Gasteiger partial charge on any atom is -0.467 e. The first-order chi connectivity index (χ1) is 7.74. The van der Waals surface area contributed by atoms with E-state index in [9.17, 15) is 0 Å². The van der Waals surface area contributed by atoms with E-state index in [1.54, 1.807) is 24.0 Å². The molecule has 84 valence electrons. The van der Waals surface area contributed by atoms with Crippen LogP contribution in [0.15, 0.2) is 12.4 Å². The smallest absolute Gasteiger partial charge is 0.322 e. The van der Waals surface area contributed by atoms with Crippen molar-refractivity contribution in [2.45, 2.75) is 6.92 Å². The summed E-state index contributed by atoms with van der Waals surface area (Å²) in [5.41, 5.74) is 0. The van der Waals surface area contributed by atoms with Crippen molar-refractivity contribution in [3.63, 3.8) is 0 Å².